The van der Waals surface area contributed by atoms with Gasteiger partial charge in [-0.2, -0.15) is 5.26 Å². The second kappa shape index (κ2) is 5.71. The van der Waals surface area contributed by atoms with Crippen LogP contribution in [0.3, 0.4) is 0 Å². The lowest BCUT2D eigenvalue weighted by atomic mass is 10.0. The molecule has 102 valence electrons. The van der Waals surface area contributed by atoms with Crippen LogP contribution >= 0.6 is 0 Å². The number of carbonyl (C=O) groups excluding carboxylic acids is 1. The van der Waals surface area contributed by atoms with E-state index >= 15 is 0 Å². The maximum Gasteiger partial charge on any atom is 0.323 e. The fraction of sp³-hybridized carbons (Fsp3) is 0.857. The molecule has 0 aromatic rings. The molecule has 1 aliphatic rings. The SMILES string of the molecule is CC(C)C(C#N)N1CCC[C@H]1C(=O)OC(C)(C)C. The Morgan fingerprint density at radius 3 is 2.50 bits per heavy atom. The monoisotopic (exact) mass is 252 g/mol. The number of nitrogens with zero attached hydrogens (tertiary/aromatic N) is 2. The van der Waals surface area contributed by atoms with Crippen molar-refractivity contribution >= 4 is 5.97 Å². The lowest BCUT2D eigenvalue weighted by molar-refractivity contribution is -0.161. The van der Waals surface area contributed by atoms with Crippen molar-refractivity contribution in [3.8, 4) is 6.07 Å². The fourth-order valence-electron chi connectivity index (χ4n) is 2.35. The molecular formula is C14H24N2O2. The molecule has 1 saturated heterocycles. The highest BCUT2D eigenvalue weighted by atomic mass is 16.6. The van der Waals surface area contributed by atoms with Gasteiger partial charge in [0.15, 0.2) is 0 Å². The first-order chi connectivity index (χ1) is 8.26. The second-order valence-electron chi connectivity index (χ2n) is 6.25. The number of nitriles is 1. The summed E-state index contributed by atoms with van der Waals surface area (Å²) in [4.78, 5) is 14.1. The molecule has 0 aliphatic carbocycles. The van der Waals surface area contributed by atoms with Crippen LogP contribution in [-0.2, 0) is 9.53 Å². The van der Waals surface area contributed by atoms with E-state index in [1.807, 2.05) is 39.5 Å². The molecule has 1 heterocycles. The first kappa shape index (κ1) is 15.0. The molecule has 0 N–H and O–H groups in total. The third-order valence-corrected chi connectivity index (χ3v) is 3.09. The van der Waals surface area contributed by atoms with Gasteiger partial charge in [0.05, 0.1) is 6.07 Å². The molecule has 1 aliphatic heterocycles. The molecule has 0 radical (unpaired) electrons. The molecule has 0 saturated carbocycles. The number of likely N-dealkylation sites (tertiary alicyclic amines) is 1. The predicted molar refractivity (Wildman–Crippen MR) is 69.8 cm³/mol. The van der Waals surface area contributed by atoms with E-state index in [0.29, 0.717) is 0 Å². The van der Waals surface area contributed by atoms with Gasteiger partial charge < -0.3 is 4.74 Å². The highest BCUT2D eigenvalue weighted by molar-refractivity contribution is 5.76. The second-order valence-corrected chi connectivity index (χ2v) is 6.25. The number of esters is 1. The van der Waals surface area contributed by atoms with E-state index in [9.17, 15) is 10.1 Å². The van der Waals surface area contributed by atoms with Gasteiger partial charge in [-0.25, -0.2) is 0 Å². The number of hydrogen-bond donors (Lipinski definition) is 0. The maximum atomic E-state index is 12.1. The van der Waals surface area contributed by atoms with E-state index in [4.69, 9.17) is 4.74 Å². The molecule has 0 amide bonds. The van der Waals surface area contributed by atoms with Crippen LogP contribution in [0.5, 0.6) is 0 Å². The molecule has 2 atom stereocenters. The summed E-state index contributed by atoms with van der Waals surface area (Å²) in [6.07, 6.45) is 1.74. The molecule has 4 nitrogen and oxygen atoms in total. The molecule has 4 heteroatoms. The van der Waals surface area contributed by atoms with Crippen molar-refractivity contribution in [2.24, 2.45) is 5.92 Å². The summed E-state index contributed by atoms with van der Waals surface area (Å²) >= 11 is 0. The third kappa shape index (κ3) is 3.71. The highest BCUT2D eigenvalue weighted by Crippen LogP contribution is 2.25. The lowest BCUT2D eigenvalue weighted by Gasteiger charge is -2.31. The van der Waals surface area contributed by atoms with E-state index in [2.05, 4.69) is 6.07 Å². The van der Waals surface area contributed by atoms with Gasteiger partial charge in [0.1, 0.15) is 17.7 Å². The zero-order chi connectivity index (χ0) is 13.9. The minimum atomic E-state index is -0.467. The standard InChI is InChI=1S/C14H24N2O2/c1-10(2)12(9-15)16-8-6-7-11(16)13(17)18-14(3,4)5/h10-12H,6-8H2,1-5H3/t11-,12?/m0/s1. The Morgan fingerprint density at radius 1 is 1.44 bits per heavy atom. The number of ether oxygens (including phenoxy) is 1. The Morgan fingerprint density at radius 2 is 2.06 bits per heavy atom. The van der Waals surface area contributed by atoms with Crippen molar-refractivity contribution < 1.29 is 9.53 Å². The van der Waals surface area contributed by atoms with Crippen LogP contribution < -0.4 is 0 Å². The van der Waals surface area contributed by atoms with Crippen LogP contribution in [0.1, 0.15) is 47.5 Å². The minimum absolute atomic E-state index is 0.194. The van der Waals surface area contributed by atoms with Crippen LogP contribution in [0, 0.1) is 17.2 Å². The Kier molecular flexibility index (Phi) is 4.75. The number of hydrogen-bond acceptors (Lipinski definition) is 4. The van der Waals surface area contributed by atoms with Gasteiger partial charge in [-0.15, -0.1) is 0 Å². The van der Waals surface area contributed by atoms with Gasteiger partial charge in [-0.05, 0) is 39.5 Å². The van der Waals surface area contributed by atoms with E-state index in [1.165, 1.54) is 0 Å². The van der Waals surface area contributed by atoms with Crippen LogP contribution in [-0.4, -0.2) is 35.1 Å². The van der Waals surface area contributed by atoms with Crippen LogP contribution in [0.4, 0.5) is 0 Å². The molecule has 0 bridgehead atoms. The molecule has 0 spiro atoms. The molecule has 0 aromatic heterocycles. The zero-order valence-corrected chi connectivity index (χ0v) is 12.1. The zero-order valence-electron chi connectivity index (χ0n) is 12.1. The van der Waals surface area contributed by atoms with Gasteiger partial charge in [0.2, 0.25) is 0 Å². The molecule has 1 rings (SSSR count). The third-order valence-electron chi connectivity index (χ3n) is 3.09. The summed E-state index contributed by atoms with van der Waals surface area (Å²) in [6, 6.07) is 1.85. The maximum absolute atomic E-state index is 12.1. The van der Waals surface area contributed by atoms with Crippen molar-refractivity contribution in [1.29, 1.82) is 5.26 Å². The first-order valence-electron chi connectivity index (χ1n) is 6.64. The van der Waals surface area contributed by atoms with Crippen molar-refractivity contribution in [3.63, 3.8) is 0 Å². The molecular weight excluding hydrogens is 228 g/mol. The van der Waals surface area contributed by atoms with Crippen molar-refractivity contribution in [2.75, 3.05) is 6.54 Å². The fourth-order valence-corrected chi connectivity index (χ4v) is 2.35. The number of carbonyl (C=O) groups is 1. The van der Waals surface area contributed by atoms with Gasteiger partial charge in [-0.3, -0.25) is 9.69 Å². The number of rotatable bonds is 3. The predicted octanol–water partition coefficient (Wildman–Crippen LogP) is 2.34. The van der Waals surface area contributed by atoms with Crippen molar-refractivity contribution in [1.82, 2.24) is 4.90 Å². The van der Waals surface area contributed by atoms with E-state index in [-0.39, 0.29) is 24.0 Å². The van der Waals surface area contributed by atoms with Gasteiger partial charge >= 0.3 is 5.97 Å². The normalized spacial score (nSPS) is 22.8. The van der Waals surface area contributed by atoms with Crippen molar-refractivity contribution in [2.45, 2.75) is 65.1 Å². The van der Waals surface area contributed by atoms with Crippen molar-refractivity contribution in [3.05, 3.63) is 0 Å². The summed E-state index contributed by atoms with van der Waals surface area (Å²) in [7, 11) is 0. The summed E-state index contributed by atoms with van der Waals surface area (Å²) in [5.41, 5.74) is -0.467. The van der Waals surface area contributed by atoms with E-state index in [1.54, 1.807) is 0 Å². The average molecular weight is 252 g/mol. The quantitative estimate of drug-likeness (QED) is 0.723. The highest BCUT2D eigenvalue weighted by Gasteiger charge is 2.38. The van der Waals surface area contributed by atoms with Gasteiger partial charge in [0.25, 0.3) is 0 Å². The van der Waals surface area contributed by atoms with Gasteiger partial charge in [0, 0.05) is 6.54 Å². The summed E-state index contributed by atoms with van der Waals surface area (Å²) in [5.74, 6) is 0.0268. The van der Waals surface area contributed by atoms with E-state index in [0.717, 1.165) is 19.4 Å². The van der Waals surface area contributed by atoms with Crippen LogP contribution in [0.25, 0.3) is 0 Å². The molecule has 1 unspecified atom stereocenters. The largest absolute Gasteiger partial charge is 0.459 e. The summed E-state index contributed by atoms with van der Waals surface area (Å²) in [6.45, 7) is 10.4. The summed E-state index contributed by atoms with van der Waals surface area (Å²) in [5, 5.41) is 9.25. The summed E-state index contributed by atoms with van der Waals surface area (Å²) < 4.78 is 5.44. The Balaban J connectivity index is 2.76. The topological polar surface area (TPSA) is 53.3 Å². The molecule has 18 heavy (non-hydrogen) atoms. The first-order valence-corrected chi connectivity index (χ1v) is 6.64. The van der Waals surface area contributed by atoms with Crippen LogP contribution in [0.15, 0.2) is 0 Å². The molecule has 0 aromatic carbocycles. The Bertz CT molecular complexity index is 339. The average Bonchev–Trinajstić information content (AvgIpc) is 2.64. The lowest BCUT2D eigenvalue weighted by Crippen LogP contribution is -2.47. The van der Waals surface area contributed by atoms with E-state index < -0.39 is 5.60 Å². The van der Waals surface area contributed by atoms with Gasteiger partial charge in [-0.1, -0.05) is 13.8 Å². The Labute approximate surface area is 110 Å². The minimum Gasteiger partial charge on any atom is -0.459 e. The Hall–Kier alpha value is -1.08. The smallest absolute Gasteiger partial charge is 0.323 e. The molecule has 1 fully saturated rings. The van der Waals surface area contributed by atoms with Crippen LogP contribution in [0.2, 0.25) is 0 Å².